The monoisotopic (exact) mass is 275 g/mol. The third-order valence-corrected chi connectivity index (χ3v) is 2.28. The molecule has 3 nitrogen and oxygen atoms in total. The molecule has 0 bridgehead atoms. The predicted octanol–water partition coefficient (Wildman–Crippen LogP) is 3.02. The van der Waals surface area contributed by atoms with Gasteiger partial charge < -0.3 is 11.2 Å². The first kappa shape index (κ1) is 25.0. The molecule has 0 atom stereocenters. The molecular weight excluding hydrogens is 249 g/mol. The van der Waals surface area contributed by atoms with Gasteiger partial charge in [-0.25, -0.2) is 0 Å². The molecule has 0 aromatic carbocycles. The molecule has 0 aromatic heterocycles. The number of amides is 1. The van der Waals surface area contributed by atoms with Crippen LogP contribution in [-0.4, -0.2) is 11.4 Å². The molecular formula is C11H27Cl2NO2. The summed E-state index contributed by atoms with van der Waals surface area (Å²) in [5.41, 5.74) is 5.03. The molecule has 0 spiro atoms. The fourth-order valence-electron chi connectivity index (χ4n) is 1.43. The number of primary amides is 1. The highest BCUT2D eigenvalue weighted by atomic mass is 35.5. The van der Waals surface area contributed by atoms with E-state index in [0.717, 1.165) is 12.8 Å². The average molecular weight is 276 g/mol. The molecule has 0 radical (unpaired) electrons. The van der Waals surface area contributed by atoms with Gasteiger partial charge in [-0.1, -0.05) is 51.9 Å². The second kappa shape index (κ2) is 20.4. The predicted molar refractivity (Wildman–Crippen MR) is 74.5 cm³/mol. The van der Waals surface area contributed by atoms with E-state index in [1.54, 1.807) is 0 Å². The second-order valence-electron chi connectivity index (χ2n) is 3.69. The van der Waals surface area contributed by atoms with Crippen molar-refractivity contribution in [2.45, 2.75) is 64.7 Å². The number of halogens is 2. The molecule has 0 rings (SSSR count). The minimum absolute atomic E-state index is 0. The molecule has 0 unspecified atom stereocenters. The van der Waals surface area contributed by atoms with E-state index < -0.39 is 0 Å². The number of nitrogens with two attached hydrogens (primary N) is 1. The SMILES string of the molecule is CCCCCCCCCCC(N)=O.Cl.Cl.O. The number of unbranched alkanes of at least 4 members (excludes halogenated alkanes) is 7. The van der Waals surface area contributed by atoms with Crippen molar-refractivity contribution in [1.82, 2.24) is 0 Å². The van der Waals surface area contributed by atoms with Gasteiger partial charge in [0.05, 0.1) is 0 Å². The van der Waals surface area contributed by atoms with Gasteiger partial charge in [0.2, 0.25) is 5.91 Å². The van der Waals surface area contributed by atoms with E-state index in [2.05, 4.69) is 6.92 Å². The maximum absolute atomic E-state index is 10.4. The molecule has 5 heteroatoms. The second-order valence-corrected chi connectivity index (χ2v) is 3.69. The molecule has 0 fully saturated rings. The lowest BCUT2D eigenvalue weighted by Gasteiger charge is -1.99. The Labute approximate surface area is 112 Å². The van der Waals surface area contributed by atoms with Crippen LogP contribution in [0.5, 0.6) is 0 Å². The van der Waals surface area contributed by atoms with E-state index in [9.17, 15) is 4.79 Å². The normalized spacial score (nSPS) is 8.31. The Morgan fingerprint density at radius 3 is 1.62 bits per heavy atom. The first-order chi connectivity index (χ1) is 6.27. The van der Waals surface area contributed by atoms with Gasteiger partial charge in [-0.15, -0.1) is 24.8 Å². The Morgan fingerprint density at radius 1 is 0.875 bits per heavy atom. The van der Waals surface area contributed by atoms with E-state index in [1.165, 1.54) is 38.5 Å². The summed E-state index contributed by atoms with van der Waals surface area (Å²) in [5.74, 6) is -0.161. The highest BCUT2D eigenvalue weighted by molar-refractivity contribution is 5.85. The Morgan fingerprint density at radius 2 is 1.25 bits per heavy atom. The van der Waals surface area contributed by atoms with Crippen LogP contribution in [0.4, 0.5) is 0 Å². The van der Waals surface area contributed by atoms with Crippen LogP contribution in [0.1, 0.15) is 64.7 Å². The van der Waals surface area contributed by atoms with Gasteiger partial charge >= 0.3 is 0 Å². The summed E-state index contributed by atoms with van der Waals surface area (Å²) in [5, 5.41) is 0. The van der Waals surface area contributed by atoms with Gasteiger partial charge in [-0.2, -0.15) is 0 Å². The van der Waals surface area contributed by atoms with E-state index >= 15 is 0 Å². The highest BCUT2D eigenvalue weighted by Gasteiger charge is 1.94. The third-order valence-electron chi connectivity index (χ3n) is 2.28. The molecule has 0 aliphatic carbocycles. The lowest BCUT2D eigenvalue weighted by Crippen LogP contribution is -2.09. The van der Waals surface area contributed by atoms with Gasteiger partial charge in [0.25, 0.3) is 0 Å². The zero-order valence-electron chi connectivity index (χ0n) is 10.2. The molecule has 102 valence electrons. The van der Waals surface area contributed by atoms with Crippen LogP contribution in [0.15, 0.2) is 0 Å². The Hall–Kier alpha value is 0.01000. The van der Waals surface area contributed by atoms with Crippen molar-refractivity contribution in [3.05, 3.63) is 0 Å². The molecule has 0 saturated carbocycles. The zero-order chi connectivity index (χ0) is 9.94. The molecule has 16 heavy (non-hydrogen) atoms. The Kier molecular flexibility index (Phi) is 31.9. The van der Waals surface area contributed by atoms with Crippen LogP contribution in [0.2, 0.25) is 0 Å². The van der Waals surface area contributed by atoms with E-state index in [0.29, 0.717) is 6.42 Å². The number of carbonyl (C=O) groups is 1. The number of hydrogen-bond donors (Lipinski definition) is 1. The van der Waals surface area contributed by atoms with E-state index in [-0.39, 0.29) is 36.2 Å². The van der Waals surface area contributed by atoms with Crippen molar-refractivity contribution < 1.29 is 10.3 Å². The number of hydrogen-bond acceptors (Lipinski definition) is 1. The van der Waals surface area contributed by atoms with Crippen LogP contribution in [0, 0.1) is 0 Å². The van der Waals surface area contributed by atoms with Crippen LogP contribution < -0.4 is 5.73 Å². The first-order valence-electron chi connectivity index (χ1n) is 5.55. The summed E-state index contributed by atoms with van der Waals surface area (Å²) in [6, 6.07) is 0. The van der Waals surface area contributed by atoms with Crippen molar-refractivity contribution >= 4 is 30.7 Å². The maximum Gasteiger partial charge on any atom is 0.217 e. The van der Waals surface area contributed by atoms with Gasteiger partial charge in [0, 0.05) is 6.42 Å². The van der Waals surface area contributed by atoms with Crippen molar-refractivity contribution in [3.8, 4) is 0 Å². The molecule has 0 aliphatic rings. The lowest BCUT2D eigenvalue weighted by molar-refractivity contribution is -0.118. The van der Waals surface area contributed by atoms with E-state index in [4.69, 9.17) is 5.73 Å². The summed E-state index contributed by atoms with van der Waals surface area (Å²) >= 11 is 0. The fraction of sp³-hybridized carbons (Fsp3) is 0.909. The van der Waals surface area contributed by atoms with Crippen LogP contribution in [-0.2, 0) is 4.79 Å². The smallest absolute Gasteiger partial charge is 0.217 e. The molecule has 0 heterocycles. The summed E-state index contributed by atoms with van der Waals surface area (Å²) in [7, 11) is 0. The largest absolute Gasteiger partial charge is 0.412 e. The van der Waals surface area contributed by atoms with Crippen molar-refractivity contribution in [2.75, 3.05) is 0 Å². The minimum Gasteiger partial charge on any atom is -0.412 e. The number of rotatable bonds is 9. The minimum atomic E-state index is -0.161. The first-order valence-corrected chi connectivity index (χ1v) is 5.55. The van der Waals surface area contributed by atoms with Gasteiger partial charge in [0.1, 0.15) is 0 Å². The summed E-state index contributed by atoms with van der Waals surface area (Å²) in [6.45, 7) is 2.23. The van der Waals surface area contributed by atoms with Crippen LogP contribution in [0.3, 0.4) is 0 Å². The Balaban J connectivity index is -0.000000240. The van der Waals surface area contributed by atoms with Gasteiger partial charge in [-0.3, -0.25) is 4.79 Å². The fourth-order valence-corrected chi connectivity index (χ4v) is 1.43. The molecule has 0 aliphatic heterocycles. The Bertz CT molecular complexity index is 135. The van der Waals surface area contributed by atoms with Gasteiger partial charge in [0.15, 0.2) is 0 Å². The standard InChI is InChI=1S/C11H23NO.2ClH.H2O/c1-2-3-4-5-6-7-8-9-10-11(12)13;;;/h2-10H2,1H3,(H2,12,13);2*1H;1H2. The molecule has 0 aromatic rings. The van der Waals surface area contributed by atoms with Crippen LogP contribution >= 0.6 is 24.8 Å². The molecule has 1 amide bonds. The van der Waals surface area contributed by atoms with Crippen LogP contribution in [0.25, 0.3) is 0 Å². The van der Waals surface area contributed by atoms with Gasteiger partial charge in [-0.05, 0) is 6.42 Å². The number of carbonyl (C=O) groups excluding carboxylic acids is 1. The topological polar surface area (TPSA) is 74.6 Å². The quantitative estimate of drug-likeness (QED) is 0.646. The molecule has 0 saturated heterocycles. The van der Waals surface area contributed by atoms with Crippen molar-refractivity contribution in [1.29, 1.82) is 0 Å². The van der Waals surface area contributed by atoms with E-state index in [1.807, 2.05) is 0 Å². The summed E-state index contributed by atoms with van der Waals surface area (Å²) < 4.78 is 0. The summed E-state index contributed by atoms with van der Waals surface area (Å²) in [4.78, 5) is 10.4. The zero-order valence-corrected chi connectivity index (χ0v) is 11.8. The third kappa shape index (κ3) is 23.7. The summed E-state index contributed by atoms with van der Waals surface area (Å²) in [6.07, 6.45) is 10.7. The average Bonchev–Trinajstić information content (AvgIpc) is 2.09. The maximum atomic E-state index is 10.4. The highest BCUT2D eigenvalue weighted by Crippen LogP contribution is 2.08. The van der Waals surface area contributed by atoms with Crippen molar-refractivity contribution in [2.24, 2.45) is 5.73 Å². The molecule has 4 N–H and O–H groups in total. The lowest BCUT2D eigenvalue weighted by atomic mass is 10.1. The van der Waals surface area contributed by atoms with Crippen molar-refractivity contribution in [3.63, 3.8) is 0 Å².